The van der Waals surface area contributed by atoms with E-state index in [9.17, 15) is 0 Å². The number of rotatable bonds is 9. The van der Waals surface area contributed by atoms with E-state index >= 15 is 0 Å². The van der Waals surface area contributed by atoms with Crippen LogP contribution < -0.4 is 0 Å². The van der Waals surface area contributed by atoms with Crippen LogP contribution in [0.1, 0.15) is 105 Å². The Morgan fingerprint density at radius 1 is 0.210 bits per heavy atom. The van der Waals surface area contributed by atoms with E-state index in [1.165, 1.54) is 88.3 Å². The monoisotopic (exact) mass is 1360 g/mol. The second-order valence-corrected chi connectivity index (χ2v) is 33.0. The van der Waals surface area contributed by atoms with Crippen molar-refractivity contribution in [1.82, 2.24) is 28.7 Å². The maximum Gasteiger partial charge on any atom is 0.238 e. The third kappa shape index (κ3) is 11.4. The summed E-state index contributed by atoms with van der Waals surface area (Å²) in [5, 5.41) is 11.3. The van der Waals surface area contributed by atoms with Crippen molar-refractivity contribution < 1.29 is 0 Å². The molecular formula is C99H84N6. The van der Waals surface area contributed by atoms with Crippen LogP contribution >= 0.6 is 0 Å². The molecule has 4 aromatic heterocycles. The summed E-state index contributed by atoms with van der Waals surface area (Å²) in [6.07, 6.45) is 0. The van der Waals surface area contributed by atoms with Crippen molar-refractivity contribution >= 4 is 87.0 Å². The topological polar surface area (TPSA) is 53.5 Å². The lowest BCUT2D eigenvalue weighted by Crippen LogP contribution is -2.10. The van der Waals surface area contributed by atoms with Gasteiger partial charge >= 0.3 is 0 Å². The zero-order chi connectivity index (χ0) is 72.0. The van der Waals surface area contributed by atoms with Gasteiger partial charge in [-0.1, -0.05) is 289 Å². The zero-order valence-corrected chi connectivity index (χ0v) is 61.9. The molecule has 18 aromatic rings. The molecule has 0 N–H and O–H groups in total. The Bertz CT molecular complexity index is 5880. The van der Waals surface area contributed by atoms with E-state index in [-0.39, 0.29) is 21.7 Å². The fourth-order valence-corrected chi connectivity index (χ4v) is 16.0. The van der Waals surface area contributed by atoms with Crippen LogP contribution in [-0.2, 0) is 21.7 Å². The summed E-state index contributed by atoms with van der Waals surface area (Å²) < 4.78 is 7.24. The molecule has 18 rings (SSSR count). The average molecular weight is 1360 g/mol. The van der Waals surface area contributed by atoms with Gasteiger partial charge in [-0.15, -0.1) is 0 Å². The largest absolute Gasteiger partial charge is 0.309 e. The highest BCUT2D eigenvalue weighted by atomic mass is 15.2. The highest BCUT2D eigenvalue weighted by Gasteiger charge is 2.26. The third-order valence-electron chi connectivity index (χ3n) is 22.0. The summed E-state index contributed by atoms with van der Waals surface area (Å²) in [6.45, 7) is 27.4. The summed E-state index contributed by atoms with van der Waals surface area (Å²) in [6, 6.07) is 109. The molecule has 0 saturated heterocycles. The van der Waals surface area contributed by atoms with Crippen molar-refractivity contribution in [2.75, 3.05) is 0 Å². The Labute approximate surface area is 614 Å². The Balaban J connectivity index is 0.893. The first-order valence-corrected chi connectivity index (χ1v) is 37.0. The standard InChI is InChI=1S/C99H84N6/c1-96(2,3)71-39-27-61(28-40-71)67-35-49-87-81(55-67)82-56-68(62-29-41-72(42-30-62)97(4,5)6)36-50-88(82)103(87)75-47-53-91-85(59-75)86-60-76(48-54-92(86)105(91)95-101-93(79-25-17-21-65-19-13-15-23-77(65)79)100-94(102-95)80-26-18-22-66-20-14-16-24-78(66)80)104-89-51-37-69(63-31-43-73(44-32-63)98(7,8)9)57-83(89)84-58-70(38-52-90(84)104)64-33-45-74(46-34-64)99(10,11)12/h13-60H,1-12H3. The van der Waals surface area contributed by atoms with E-state index in [1.54, 1.807) is 0 Å². The number of hydrogen-bond donors (Lipinski definition) is 0. The summed E-state index contributed by atoms with van der Waals surface area (Å²) in [4.78, 5) is 16.7. The smallest absolute Gasteiger partial charge is 0.238 e. The first-order valence-electron chi connectivity index (χ1n) is 37.0. The predicted octanol–water partition coefficient (Wildman–Crippen LogP) is 26.7. The summed E-state index contributed by atoms with van der Waals surface area (Å²) >= 11 is 0. The fourth-order valence-electron chi connectivity index (χ4n) is 16.0. The van der Waals surface area contributed by atoms with E-state index in [2.05, 4.69) is 388 Å². The van der Waals surface area contributed by atoms with Crippen molar-refractivity contribution in [2.45, 2.75) is 105 Å². The van der Waals surface area contributed by atoms with Crippen molar-refractivity contribution in [3.05, 3.63) is 313 Å². The fraction of sp³-hybridized carbons (Fsp3) is 0.162. The molecule has 0 aliphatic heterocycles. The van der Waals surface area contributed by atoms with Crippen LogP contribution in [0.5, 0.6) is 0 Å². The molecule has 105 heavy (non-hydrogen) atoms. The van der Waals surface area contributed by atoms with Gasteiger partial charge in [0, 0.05) is 54.8 Å². The van der Waals surface area contributed by atoms with Gasteiger partial charge in [-0.25, -0.2) is 4.98 Å². The van der Waals surface area contributed by atoms with Crippen molar-refractivity contribution in [3.8, 4) is 84.6 Å². The Morgan fingerprint density at radius 3 is 0.771 bits per heavy atom. The summed E-state index contributed by atoms with van der Waals surface area (Å²) in [5.74, 6) is 1.73. The van der Waals surface area contributed by atoms with E-state index in [0.29, 0.717) is 17.6 Å². The predicted molar refractivity (Wildman–Crippen MR) is 445 cm³/mol. The van der Waals surface area contributed by atoms with Crippen LogP contribution in [0.2, 0.25) is 0 Å². The highest BCUT2D eigenvalue weighted by molar-refractivity contribution is 6.16. The van der Waals surface area contributed by atoms with Crippen LogP contribution in [0.15, 0.2) is 291 Å². The summed E-state index contributed by atoms with van der Waals surface area (Å²) in [5.41, 5.74) is 25.3. The Morgan fingerprint density at radius 2 is 0.467 bits per heavy atom. The van der Waals surface area contributed by atoms with Gasteiger partial charge in [0.25, 0.3) is 0 Å². The van der Waals surface area contributed by atoms with E-state index in [0.717, 1.165) is 87.9 Å². The normalized spacial score (nSPS) is 12.6. The van der Waals surface area contributed by atoms with E-state index in [1.807, 2.05) is 0 Å². The first-order chi connectivity index (χ1) is 50.5. The van der Waals surface area contributed by atoms with Crippen LogP contribution in [0.3, 0.4) is 0 Å². The molecule has 0 unspecified atom stereocenters. The van der Waals surface area contributed by atoms with Crippen LogP contribution in [0.25, 0.3) is 172 Å². The zero-order valence-electron chi connectivity index (χ0n) is 61.9. The van der Waals surface area contributed by atoms with Gasteiger partial charge in [0.1, 0.15) is 0 Å². The number of hydrogen-bond acceptors (Lipinski definition) is 3. The lowest BCUT2D eigenvalue weighted by atomic mass is 9.86. The lowest BCUT2D eigenvalue weighted by molar-refractivity contribution is 0.590. The van der Waals surface area contributed by atoms with Gasteiger partial charge in [-0.3, -0.25) is 4.57 Å². The molecule has 0 aliphatic rings. The summed E-state index contributed by atoms with van der Waals surface area (Å²) in [7, 11) is 0. The van der Waals surface area contributed by atoms with Gasteiger partial charge in [0.05, 0.1) is 33.1 Å². The van der Waals surface area contributed by atoms with Crippen LogP contribution in [0, 0.1) is 0 Å². The number of aromatic nitrogens is 6. The molecule has 0 aliphatic carbocycles. The molecule has 14 aromatic carbocycles. The van der Waals surface area contributed by atoms with Crippen LogP contribution in [-0.4, -0.2) is 28.7 Å². The molecular weight excluding hydrogens is 1270 g/mol. The molecule has 0 atom stereocenters. The van der Waals surface area contributed by atoms with Gasteiger partial charge in [-0.05, 0) is 195 Å². The quantitative estimate of drug-likeness (QED) is 0.145. The number of benzene rings is 14. The Kier molecular flexibility index (Phi) is 15.1. The lowest BCUT2D eigenvalue weighted by Gasteiger charge is -2.19. The number of nitrogens with zero attached hydrogens (tertiary/aromatic N) is 6. The molecule has 6 nitrogen and oxygen atoms in total. The average Bonchev–Trinajstić information content (AvgIpc) is 1.20. The van der Waals surface area contributed by atoms with E-state index < -0.39 is 0 Å². The molecule has 0 spiro atoms. The second kappa shape index (κ2) is 24.3. The minimum Gasteiger partial charge on any atom is -0.309 e. The van der Waals surface area contributed by atoms with E-state index in [4.69, 9.17) is 15.0 Å². The van der Waals surface area contributed by atoms with Crippen molar-refractivity contribution in [3.63, 3.8) is 0 Å². The maximum absolute atomic E-state index is 5.64. The molecule has 0 bridgehead atoms. The molecule has 0 radical (unpaired) electrons. The maximum atomic E-state index is 5.64. The first kappa shape index (κ1) is 65.1. The van der Waals surface area contributed by atoms with Crippen molar-refractivity contribution in [1.29, 1.82) is 0 Å². The SMILES string of the molecule is CC(C)(C)c1ccc(-c2ccc3c(c2)c2cc(-c4ccc(C(C)(C)C)cc4)ccc2n3-c2ccc3c(c2)c2cc(-n4c5ccc(-c6ccc(C(C)(C)C)cc6)cc5c5cc(-c6ccc(C(C)(C)C)cc6)ccc54)ccc2n3-c2nc(-c3cccc4ccccc34)nc(-c3cccc4ccccc34)n2)cc1. The minimum atomic E-state index is 0.0405. The van der Waals surface area contributed by atoms with Gasteiger partial charge in [-0.2, -0.15) is 9.97 Å². The highest BCUT2D eigenvalue weighted by Crippen LogP contribution is 2.45. The van der Waals surface area contributed by atoms with Gasteiger partial charge < -0.3 is 9.13 Å². The molecule has 4 heterocycles. The van der Waals surface area contributed by atoms with Crippen molar-refractivity contribution in [2.24, 2.45) is 0 Å². The van der Waals surface area contributed by atoms with Gasteiger partial charge in [0.15, 0.2) is 11.6 Å². The Hall–Kier alpha value is -12.0. The second-order valence-electron chi connectivity index (χ2n) is 33.0. The number of fused-ring (bicyclic) bond motifs is 11. The third-order valence-corrected chi connectivity index (χ3v) is 22.0. The van der Waals surface area contributed by atoms with Gasteiger partial charge in [0.2, 0.25) is 5.95 Å². The van der Waals surface area contributed by atoms with Crippen LogP contribution in [0.4, 0.5) is 0 Å². The minimum absolute atomic E-state index is 0.0405. The molecule has 0 amide bonds. The molecule has 0 saturated carbocycles. The molecule has 6 heteroatoms. The molecule has 510 valence electrons. The molecule has 0 fully saturated rings.